The van der Waals surface area contributed by atoms with E-state index in [4.69, 9.17) is 17.2 Å². The first kappa shape index (κ1) is 23.1. The van der Waals surface area contributed by atoms with Crippen molar-refractivity contribution in [3.8, 4) is 0 Å². The van der Waals surface area contributed by atoms with Crippen molar-refractivity contribution >= 4 is 40.9 Å². The van der Waals surface area contributed by atoms with Crippen LogP contribution in [0.5, 0.6) is 0 Å². The van der Waals surface area contributed by atoms with E-state index < -0.39 is 0 Å². The molecule has 176 valence electrons. The summed E-state index contributed by atoms with van der Waals surface area (Å²) in [6.07, 6.45) is 4.35. The van der Waals surface area contributed by atoms with Crippen LogP contribution in [0.4, 0.5) is 16.2 Å². The summed E-state index contributed by atoms with van der Waals surface area (Å²) in [4.78, 5) is 20.2. The van der Waals surface area contributed by atoms with Crippen molar-refractivity contribution < 1.29 is 4.39 Å². The summed E-state index contributed by atoms with van der Waals surface area (Å²) in [5, 5.41) is 7.90. The second kappa shape index (κ2) is 10.7. The van der Waals surface area contributed by atoms with Gasteiger partial charge in [-0.1, -0.05) is 36.4 Å². The summed E-state index contributed by atoms with van der Waals surface area (Å²) >= 11 is 6.83. The van der Waals surface area contributed by atoms with E-state index in [9.17, 15) is 4.39 Å². The van der Waals surface area contributed by atoms with Crippen molar-refractivity contribution in [2.24, 2.45) is 0 Å². The summed E-state index contributed by atoms with van der Waals surface area (Å²) in [6, 6.07) is 18.5. The van der Waals surface area contributed by atoms with E-state index in [0.29, 0.717) is 27.8 Å². The fourth-order valence-corrected chi connectivity index (χ4v) is 4.61. The smallest absolute Gasteiger partial charge is 0.232 e. The Morgan fingerprint density at radius 2 is 1.77 bits per heavy atom. The van der Waals surface area contributed by atoms with Crippen LogP contribution in [-0.4, -0.2) is 31.6 Å². The molecule has 0 saturated carbocycles. The number of halogens is 1. The lowest BCUT2D eigenvalue weighted by molar-refractivity contribution is 0.627. The SMILES string of the molecule is Fc1ccc(CNC(=S)Nc2nc(Sc3ncccn3)cc(N3CCc4ccccc4C3)n2)cc1. The molecule has 0 spiro atoms. The van der Waals surface area contributed by atoms with Crippen molar-refractivity contribution in [2.75, 3.05) is 16.8 Å². The standard InChI is InChI=1S/C25H22FN7S2/c26-20-8-6-17(7-9-20)15-29-24(34)32-23-30-21(14-22(31-23)35-25-27-11-3-12-28-25)33-13-10-18-4-1-2-5-19(18)16-33/h1-9,11-12,14H,10,13,15-16H2,(H2,29,30,31,32,34). The largest absolute Gasteiger partial charge is 0.358 e. The molecule has 2 N–H and O–H groups in total. The Balaban J connectivity index is 1.35. The Morgan fingerprint density at radius 1 is 1.00 bits per heavy atom. The molecule has 0 radical (unpaired) electrons. The lowest BCUT2D eigenvalue weighted by Gasteiger charge is -2.30. The van der Waals surface area contributed by atoms with Gasteiger partial charge in [-0.3, -0.25) is 0 Å². The van der Waals surface area contributed by atoms with Gasteiger partial charge in [-0.15, -0.1) is 0 Å². The van der Waals surface area contributed by atoms with Gasteiger partial charge in [0.05, 0.1) is 0 Å². The van der Waals surface area contributed by atoms with Crippen LogP contribution in [0.25, 0.3) is 0 Å². The van der Waals surface area contributed by atoms with Crippen LogP contribution in [0.2, 0.25) is 0 Å². The first-order valence-corrected chi connectivity index (χ1v) is 12.3. The summed E-state index contributed by atoms with van der Waals surface area (Å²) < 4.78 is 13.2. The third-order valence-corrected chi connectivity index (χ3v) is 6.53. The first-order chi connectivity index (χ1) is 17.1. The second-order valence-electron chi connectivity index (χ2n) is 7.90. The number of nitrogens with zero attached hydrogens (tertiary/aromatic N) is 5. The number of hydrogen-bond acceptors (Lipinski definition) is 7. The molecule has 2 aromatic carbocycles. The normalized spacial score (nSPS) is 12.7. The zero-order valence-electron chi connectivity index (χ0n) is 18.7. The predicted octanol–water partition coefficient (Wildman–Crippen LogP) is 4.61. The number of benzene rings is 2. The number of fused-ring (bicyclic) bond motifs is 1. The number of thiocarbonyl (C=S) groups is 1. The zero-order chi connectivity index (χ0) is 24.0. The minimum Gasteiger partial charge on any atom is -0.358 e. The minimum atomic E-state index is -0.271. The number of hydrogen-bond donors (Lipinski definition) is 2. The molecule has 0 fully saturated rings. The highest BCUT2D eigenvalue weighted by molar-refractivity contribution is 7.99. The van der Waals surface area contributed by atoms with Gasteiger partial charge in [0.2, 0.25) is 5.95 Å². The highest BCUT2D eigenvalue weighted by Gasteiger charge is 2.19. The lowest BCUT2D eigenvalue weighted by Crippen LogP contribution is -2.32. The molecular weight excluding hydrogens is 481 g/mol. The molecule has 0 unspecified atom stereocenters. The number of anilines is 2. The van der Waals surface area contributed by atoms with E-state index >= 15 is 0 Å². The molecule has 7 nitrogen and oxygen atoms in total. The van der Waals surface area contributed by atoms with Crippen LogP contribution in [0.3, 0.4) is 0 Å². The van der Waals surface area contributed by atoms with E-state index in [1.165, 1.54) is 35.0 Å². The van der Waals surface area contributed by atoms with Crippen LogP contribution in [0.15, 0.2) is 83.2 Å². The molecule has 0 amide bonds. The molecule has 4 aromatic rings. The molecule has 3 heterocycles. The topological polar surface area (TPSA) is 78.9 Å². The van der Waals surface area contributed by atoms with Gasteiger partial charge in [-0.2, -0.15) is 4.98 Å². The Bertz CT molecular complexity index is 1320. The van der Waals surface area contributed by atoms with Crippen LogP contribution >= 0.6 is 24.0 Å². The molecule has 10 heteroatoms. The van der Waals surface area contributed by atoms with Crippen molar-refractivity contribution in [3.05, 3.63) is 95.6 Å². The molecule has 5 rings (SSSR count). The molecule has 0 aliphatic carbocycles. The summed E-state index contributed by atoms with van der Waals surface area (Å²) in [7, 11) is 0. The van der Waals surface area contributed by atoms with Crippen LogP contribution in [0.1, 0.15) is 16.7 Å². The molecule has 35 heavy (non-hydrogen) atoms. The van der Waals surface area contributed by atoms with Crippen LogP contribution in [-0.2, 0) is 19.5 Å². The molecule has 2 aromatic heterocycles. The monoisotopic (exact) mass is 503 g/mol. The Hall–Kier alpha value is -3.63. The highest BCUT2D eigenvalue weighted by atomic mass is 32.2. The van der Waals surface area contributed by atoms with E-state index in [2.05, 4.69) is 54.8 Å². The van der Waals surface area contributed by atoms with Gasteiger partial charge in [0, 0.05) is 38.1 Å². The van der Waals surface area contributed by atoms with Gasteiger partial charge in [0.15, 0.2) is 10.3 Å². The van der Waals surface area contributed by atoms with Crippen molar-refractivity contribution in [3.63, 3.8) is 0 Å². The minimum absolute atomic E-state index is 0.271. The lowest BCUT2D eigenvalue weighted by atomic mass is 10.00. The third-order valence-electron chi connectivity index (χ3n) is 5.47. The first-order valence-electron chi connectivity index (χ1n) is 11.1. The van der Waals surface area contributed by atoms with E-state index in [-0.39, 0.29) is 5.82 Å². The fraction of sp³-hybridized carbons (Fsp3) is 0.160. The molecule has 0 bridgehead atoms. The van der Waals surface area contributed by atoms with Crippen LogP contribution in [0, 0.1) is 5.82 Å². The maximum Gasteiger partial charge on any atom is 0.232 e. The van der Waals surface area contributed by atoms with Gasteiger partial charge < -0.3 is 15.5 Å². The molecular formula is C25H22FN7S2. The fourth-order valence-electron chi connectivity index (χ4n) is 3.74. The molecule has 1 aliphatic rings. The zero-order valence-corrected chi connectivity index (χ0v) is 20.3. The average Bonchev–Trinajstić information content (AvgIpc) is 2.88. The predicted molar refractivity (Wildman–Crippen MR) is 139 cm³/mol. The van der Waals surface area contributed by atoms with Crippen molar-refractivity contribution in [1.29, 1.82) is 0 Å². The van der Waals surface area contributed by atoms with E-state index in [1.807, 2.05) is 6.07 Å². The Morgan fingerprint density at radius 3 is 2.57 bits per heavy atom. The maximum absolute atomic E-state index is 13.2. The quantitative estimate of drug-likeness (QED) is 0.223. The number of rotatable bonds is 6. The summed E-state index contributed by atoms with van der Waals surface area (Å²) in [6.45, 7) is 2.08. The van der Waals surface area contributed by atoms with E-state index in [0.717, 1.165) is 30.9 Å². The molecule has 1 aliphatic heterocycles. The van der Waals surface area contributed by atoms with Gasteiger partial charge in [0.25, 0.3) is 0 Å². The molecule has 0 atom stereocenters. The Labute approximate surface area is 212 Å². The van der Waals surface area contributed by atoms with Crippen molar-refractivity contribution in [2.45, 2.75) is 29.7 Å². The van der Waals surface area contributed by atoms with Gasteiger partial charge in [-0.05, 0) is 65.3 Å². The Kier molecular flexibility index (Phi) is 7.10. The number of nitrogens with one attached hydrogen (secondary N) is 2. The van der Waals surface area contributed by atoms with Gasteiger partial charge in [0.1, 0.15) is 16.7 Å². The second-order valence-corrected chi connectivity index (χ2v) is 9.29. The molecule has 0 saturated heterocycles. The highest BCUT2D eigenvalue weighted by Crippen LogP contribution is 2.29. The van der Waals surface area contributed by atoms with Crippen molar-refractivity contribution in [1.82, 2.24) is 25.3 Å². The van der Waals surface area contributed by atoms with Gasteiger partial charge >= 0.3 is 0 Å². The van der Waals surface area contributed by atoms with Gasteiger partial charge in [-0.25, -0.2) is 19.3 Å². The van der Waals surface area contributed by atoms with E-state index in [1.54, 1.807) is 30.6 Å². The average molecular weight is 504 g/mol. The third kappa shape index (κ3) is 6.09. The summed E-state index contributed by atoms with van der Waals surface area (Å²) in [5.74, 6) is 0.917. The maximum atomic E-state index is 13.2. The van der Waals surface area contributed by atoms with Crippen LogP contribution < -0.4 is 15.5 Å². The summed E-state index contributed by atoms with van der Waals surface area (Å²) in [5.41, 5.74) is 3.58. The number of aromatic nitrogens is 4.